The molecule has 10 nitrogen and oxygen atoms in total. The number of nitrogens with one attached hydrogen (secondary N) is 2. The zero-order valence-corrected chi connectivity index (χ0v) is 23.2. The second-order valence-electron chi connectivity index (χ2n) is 12.0. The van der Waals surface area contributed by atoms with Gasteiger partial charge in [-0.2, -0.15) is 0 Å². The minimum atomic E-state index is -1.11. The van der Waals surface area contributed by atoms with Crippen LogP contribution in [0, 0.1) is 17.8 Å². The molecule has 0 saturated carbocycles. The maximum absolute atomic E-state index is 14.3. The Bertz CT molecular complexity index is 1060. The van der Waals surface area contributed by atoms with E-state index < -0.39 is 35.1 Å². The van der Waals surface area contributed by atoms with Crippen LogP contribution in [0.3, 0.4) is 0 Å². The SMILES string of the molecule is CC(C)C[C@H](CO)N1C(=O)[C@@H]2[C@@H](C(=O)Nc3ccccc3)[C@@]3(C)CCC2(O3)C1C(=O)NCCN1CCOCC1. The van der Waals surface area contributed by atoms with Crippen molar-refractivity contribution in [2.75, 3.05) is 51.3 Å². The van der Waals surface area contributed by atoms with E-state index in [-0.39, 0.29) is 30.2 Å². The minimum absolute atomic E-state index is 0.199. The number of hydrogen-bond acceptors (Lipinski definition) is 7. The molecule has 214 valence electrons. The largest absolute Gasteiger partial charge is 0.394 e. The lowest BCUT2D eigenvalue weighted by molar-refractivity contribution is -0.149. The zero-order valence-electron chi connectivity index (χ0n) is 23.2. The fourth-order valence-electron chi connectivity index (χ4n) is 7.28. The Balaban J connectivity index is 1.43. The number of para-hydroxylation sites is 1. The topological polar surface area (TPSA) is 120 Å². The Hall–Kier alpha value is -2.53. The van der Waals surface area contributed by atoms with Crippen LogP contribution in [0.2, 0.25) is 0 Å². The van der Waals surface area contributed by atoms with Crippen LogP contribution in [0.5, 0.6) is 0 Å². The fraction of sp³-hybridized carbons (Fsp3) is 0.690. The van der Waals surface area contributed by atoms with E-state index in [0.717, 1.165) is 13.1 Å². The summed E-state index contributed by atoms with van der Waals surface area (Å²) < 4.78 is 12.1. The first-order valence-electron chi connectivity index (χ1n) is 14.3. The number of aliphatic hydroxyl groups is 1. The number of ether oxygens (including phenoxy) is 2. The van der Waals surface area contributed by atoms with E-state index in [9.17, 15) is 19.5 Å². The summed E-state index contributed by atoms with van der Waals surface area (Å²) in [5.41, 5.74) is -1.32. The molecule has 2 unspecified atom stereocenters. The fourth-order valence-corrected chi connectivity index (χ4v) is 7.28. The molecule has 39 heavy (non-hydrogen) atoms. The van der Waals surface area contributed by atoms with Gasteiger partial charge >= 0.3 is 0 Å². The Morgan fingerprint density at radius 2 is 1.85 bits per heavy atom. The van der Waals surface area contributed by atoms with Gasteiger partial charge in [0.15, 0.2) is 0 Å². The molecule has 10 heteroatoms. The average molecular weight is 543 g/mol. The van der Waals surface area contributed by atoms with Crippen LogP contribution >= 0.6 is 0 Å². The zero-order chi connectivity index (χ0) is 27.8. The number of carbonyl (C=O) groups is 3. The summed E-state index contributed by atoms with van der Waals surface area (Å²) in [6.07, 6.45) is 1.62. The Kier molecular flexibility index (Phi) is 8.01. The van der Waals surface area contributed by atoms with Crippen LogP contribution < -0.4 is 10.6 Å². The molecule has 5 rings (SSSR count). The summed E-state index contributed by atoms with van der Waals surface area (Å²) in [5.74, 6) is -2.18. The Morgan fingerprint density at radius 3 is 2.51 bits per heavy atom. The van der Waals surface area contributed by atoms with Crippen molar-refractivity contribution in [3.8, 4) is 0 Å². The number of rotatable bonds is 10. The summed E-state index contributed by atoms with van der Waals surface area (Å²) in [7, 11) is 0. The molecule has 4 fully saturated rings. The molecule has 4 aliphatic heterocycles. The van der Waals surface area contributed by atoms with Crippen LogP contribution in [0.25, 0.3) is 0 Å². The number of hydrogen-bond donors (Lipinski definition) is 3. The standard InChI is InChI=1S/C29H42N4O6/c1-19(2)17-21(18-34)33-24(26(36)30-11-12-32-13-15-38-16-14-32)29-10-9-28(3,39-29)22(23(29)27(33)37)25(35)31-20-7-5-4-6-8-20/h4-8,19,21-24,34H,9-18H2,1-3H3,(H,30,36)(H,31,35)/t21-,22+,23+,24?,28-,29?/m1/s1. The summed E-state index contributed by atoms with van der Waals surface area (Å²) in [6, 6.07) is 7.72. The van der Waals surface area contributed by atoms with Gasteiger partial charge in [-0.3, -0.25) is 19.3 Å². The highest BCUT2D eigenvalue weighted by molar-refractivity contribution is 6.02. The van der Waals surface area contributed by atoms with Crippen LogP contribution in [-0.4, -0.2) is 102 Å². The van der Waals surface area contributed by atoms with Crippen molar-refractivity contribution < 1.29 is 29.0 Å². The third-order valence-electron chi connectivity index (χ3n) is 8.97. The van der Waals surface area contributed by atoms with E-state index in [1.165, 1.54) is 0 Å². The van der Waals surface area contributed by atoms with Crippen molar-refractivity contribution >= 4 is 23.4 Å². The van der Waals surface area contributed by atoms with E-state index in [1.807, 2.05) is 51.1 Å². The number of morpholine rings is 1. The van der Waals surface area contributed by atoms with E-state index in [0.29, 0.717) is 51.3 Å². The number of fused-ring (bicyclic) bond motifs is 1. The highest BCUT2D eigenvalue weighted by Gasteiger charge is 2.78. The monoisotopic (exact) mass is 542 g/mol. The molecule has 1 aromatic rings. The van der Waals surface area contributed by atoms with Gasteiger partial charge in [-0.25, -0.2) is 0 Å². The van der Waals surface area contributed by atoms with Crippen LogP contribution in [0.15, 0.2) is 30.3 Å². The van der Waals surface area contributed by atoms with Gasteiger partial charge < -0.3 is 30.1 Å². The average Bonchev–Trinajstić information content (AvgIpc) is 3.49. The van der Waals surface area contributed by atoms with E-state index >= 15 is 0 Å². The van der Waals surface area contributed by atoms with E-state index in [1.54, 1.807) is 4.90 Å². The summed E-state index contributed by atoms with van der Waals surface area (Å²) >= 11 is 0. The summed E-state index contributed by atoms with van der Waals surface area (Å²) in [6.45, 7) is 9.78. The first kappa shape index (κ1) is 28.0. The Labute approximate surface area is 230 Å². The van der Waals surface area contributed by atoms with Crippen LogP contribution in [-0.2, 0) is 23.9 Å². The Morgan fingerprint density at radius 1 is 1.13 bits per heavy atom. The van der Waals surface area contributed by atoms with Crippen molar-refractivity contribution in [2.24, 2.45) is 17.8 Å². The molecule has 4 aliphatic rings. The number of nitrogens with zero attached hydrogens (tertiary/aromatic N) is 2. The molecule has 0 aromatic heterocycles. The van der Waals surface area contributed by atoms with Crippen molar-refractivity contribution in [3.05, 3.63) is 30.3 Å². The third-order valence-corrected chi connectivity index (χ3v) is 8.97. The maximum atomic E-state index is 14.3. The van der Waals surface area contributed by atoms with Crippen LogP contribution in [0.1, 0.15) is 40.0 Å². The lowest BCUT2D eigenvalue weighted by Crippen LogP contribution is -2.58. The van der Waals surface area contributed by atoms with Crippen molar-refractivity contribution in [3.63, 3.8) is 0 Å². The van der Waals surface area contributed by atoms with Gasteiger partial charge in [-0.15, -0.1) is 0 Å². The number of benzene rings is 1. The van der Waals surface area contributed by atoms with Gasteiger partial charge in [-0.05, 0) is 44.2 Å². The highest BCUT2D eigenvalue weighted by Crippen LogP contribution is 2.63. The summed E-state index contributed by atoms with van der Waals surface area (Å²) in [4.78, 5) is 45.7. The molecule has 3 N–H and O–H groups in total. The minimum Gasteiger partial charge on any atom is -0.394 e. The number of likely N-dealkylation sites (tertiary alicyclic amines) is 1. The molecule has 1 spiro atoms. The van der Waals surface area contributed by atoms with Gasteiger partial charge in [-0.1, -0.05) is 32.0 Å². The van der Waals surface area contributed by atoms with Gasteiger partial charge in [0.25, 0.3) is 0 Å². The molecule has 4 saturated heterocycles. The van der Waals surface area contributed by atoms with E-state index in [2.05, 4.69) is 15.5 Å². The number of aliphatic hydroxyl groups excluding tert-OH is 1. The predicted octanol–water partition coefficient (Wildman–Crippen LogP) is 1.25. The van der Waals surface area contributed by atoms with Gasteiger partial charge in [0.05, 0.1) is 43.3 Å². The summed E-state index contributed by atoms with van der Waals surface area (Å²) in [5, 5.41) is 16.4. The lowest BCUT2D eigenvalue weighted by Gasteiger charge is -2.37. The van der Waals surface area contributed by atoms with Crippen molar-refractivity contribution in [2.45, 2.75) is 63.3 Å². The number of anilines is 1. The quantitative estimate of drug-likeness (QED) is 0.407. The van der Waals surface area contributed by atoms with E-state index in [4.69, 9.17) is 9.47 Å². The number of amides is 3. The number of carbonyl (C=O) groups excluding carboxylic acids is 3. The maximum Gasteiger partial charge on any atom is 0.245 e. The molecular formula is C29H42N4O6. The predicted molar refractivity (Wildman–Crippen MR) is 145 cm³/mol. The third kappa shape index (κ3) is 5.08. The van der Waals surface area contributed by atoms with Gasteiger partial charge in [0.2, 0.25) is 17.7 Å². The van der Waals surface area contributed by atoms with Gasteiger partial charge in [0, 0.05) is 31.9 Å². The van der Waals surface area contributed by atoms with Crippen molar-refractivity contribution in [1.82, 2.24) is 15.1 Å². The normalized spacial score (nSPS) is 32.9. The molecule has 0 aliphatic carbocycles. The van der Waals surface area contributed by atoms with Crippen LogP contribution in [0.4, 0.5) is 5.69 Å². The molecule has 1 aromatic carbocycles. The molecule has 6 atom stereocenters. The first-order chi connectivity index (χ1) is 18.7. The molecule has 0 radical (unpaired) electrons. The smallest absolute Gasteiger partial charge is 0.245 e. The second-order valence-corrected chi connectivity index (χ2v) is 12.0. The molecule has 3 amide bonds. The molecular weight excluding hydrogens is 500 g/mol. The van der Waals surface area contributed by atoms with Gasteiger partial charge in [0.1, 0.15) is 11.6 Å². The highest BCUT2D eigenvalue weighted by atomic mass is 16.5. The molecule has 2 bridgehead atoms. The first-order valence-corrected chi connectivity index (χ1v) is 14.3. The molecule has 4 heterocycles. The lowest BCUT2D eigenvalue weighted by atomic mass is 9.66. The second kappa shape index (κ2) is 11.2. The van der Waals surface area contributed by atoms with Crippen molar-refractivity contribution in [1.29, 1.82) is 0 Å².